The van der Waals surface area contributed by atoms with Gasteiger partial charge in [0, 0.05) is 53.8 Å². The maximum atomic E-state index is 15.3. The van der Waals surface area contributed by atoms with Crippen molar-refractivity contribution in [3.63, 3.8) is 0 Å². The van der Waals surface area contributed by atoms with Gasteiger partial charge in [-0.15, -0.1) is 0 Å². The average Bonchev–Trinajstić information content (AvgIpc) is 4.21. The van der Waals surface area contributed by atoms with Crippen molar-refractivity contribution in [2.45, 2.75) is 116 Å². The third-order valence-corrected chi connectivity index (χ3v) is 14.6. The highest BCUT2D eigenvalue weighted by atomic mass is 32.1. The molecule has 5 aromatic rings. The number of aryl methyl sites for hydroxylation is 2. The molecule has 418 valence electrons. The summed E-state index contributed by atoms with van der Waals surface area (Å²) in [7, 11) is 0. The number of esters is 1. The number of nitrogens with one attached hydrogen (secondary N) is 5. The predicted molar refractivity (Wildman–Crippen MR) is 293 cm³/mol. The molecule has 4 aliphatic rings. The van der Waals surface area contributed by atoms with Crippen LogP contribution in [-0.2, 0) is 85.7 Å². The number of aliphatic hydroxyl groups is 1. The molecule has 3 aliphatic heterocycles. The Kier molecular flexibility index (Phi) is 19.5. The number of carbonyl (C=O) groups excluding carboxylic acids is 8. The molecule has 22 heteroatoms. The highest BCUT2D eigenvalue weighted by Gasteiger charge is 2.42. The summed E-state index contributed by atoms with van der Waals surface area (Å²) in [5.41, 5.74) is 5.88. The van der Waals surface area contributed by atoms with Crippen molar-refractivity contribution in [3.05, 3.63) is 127 Å². The lowest BCUT2D eigenvalue weighted by Crippen LogP contribution is -2.51. The van der Waals surface area contributed by atoms with E-state index in [1.54, 1.807) is 49.4 Å². The molecule has 3 aromatic carbocycles. The Hall–Kier alpha value is -7.82. The van der Waals surface area contributed by atoms with E-state index in [0.29, 0.717) is 60.4 Å². The zero-order valence-electron chi connectivity index (χ0n) is 44.7. The number of aliphatic hydroxyl groups excluding tert-OH is 1. The lowest BCUT2D eigenvalue weighted by atomic mass is 9.69. The van der Waals surface area contributed by atoms with Crippen LogP contribution in [0.4, 0.5) is 10.1 Å². The molecule has 7 amide bonds. The number of halogens is 1. The maximum Gasteiger partial charge on any atom is 0.340 e. The summed E-state index contributed by atoms with van der Waals surface area (Å²) >= 11 is 4.11. The van der Waals surface area contributed by atoms with Crippen LogP contribution in [0.25, 0.3) is 22.3 Å². The number of thiol groups is 1. The number of aromatic nitrogens is 2. The van der Waals surface area contributed by atoms with E-state index in [9.17, 15) is 48.3 Å². The van der Waals surface area contributed by atoms with Gasteiger partial charge in [0.25, 0.3) is 5.56 Å². The molecular formula is C57H65FN8O12S. The monoisotopic (exact) mass is 1100 g/mol. The number of hydrogen-bond acceptors (Lipinski definition) is 14. The van der Waals surface area contributed by atoms with E-state index in [2.05, 4.69) is 39.2 Å². The molecule has 1 saturated heterocycles. The maximum absolute atomic E-state index is 15.3. The molecule has 1 fully saturated rings. The van der Waals surface area contributed by atoms with Gasteiger partial charge in [-0.05, 0) is 85.5 Å². The largest absolute Gasteiger partial charge is 0.458 e. The zero-order chi connectivity index (χ0) is 57.1. The Bertz CT molecular complexity index is 3230. The minimum Gasteiger partial charge on any atom is -0.458 e. The summed E-state index contributed by atoms with van der Waals surface area (Å²) in [5.74, 6) is -3.38. The smallest absolute Gasteiger partial charge is 0.340 e. The fourth-order valence-electron chi connectivity index (χ4n) is 10.2. The minimum atomic E-state index is -1.62. The van der Waals surface area contributed by atoms with Crippen LogP contribution in [0.1, 0.15) is 104 Å². The van der Waals surface area contributed by atoms with Gasteiger partial charge in [-0.2, -0.15) is 12.6 Å². The minimum absolute atomic E-state index is 0.0622. The standard InChI is InChI=1S/C39H39FN6O9.C16H20N2O3S.C2H6/c1-20-22-8-9-39(2,17-54-19-43-30(48)14-42-36(51)28(44-31(49)13-41-18-47)10-21-6-4-3-5-7-21)33-24-15-46-29(34(24)45-27(32(22)33)12-26(20)40)11-23-25(37(46)52)16-55-38(53)35(23)50;1-2-17-14(19)5-3-4-11-6-8-12(9-7-11)18-15(20)10-13(22)16(18)21;1-2/h3-7,11-12,18,28,35,50H,8-10,13-17,19H2,1-2H3,(H,41,47)(H,42,51)(H,43,48)(H,44,49);6-9,13,22H,2-5,10H2,1H3,(H,17,19);1-2H3. The van der Waals surface area contributed by atoms with E-state index in [0.717, 1.165) is 46.0 Å². The molecule has 2 aromatic heterocycles. The summed E-state index contributed by atoms with van der Waals surface area (Å²) in [5, 5.41) is 23.6. The number of nitrogens with zero attached hydrogens (tertiary/aromatic N) is 3. The van der Waals surface area contributed by atoms with Crippen molar-refractivity contribution in [1.29, 1.82) is 0 Å². The van der Waals surface area contributed by atoms with Crippen LogP contribution >= 0.6 is 12.6 Å². The Morgan fingerprint density at radius 2 is 1.68 bits per heavy atom. The molecule has 6 N–H and O–H groups in total. The van der Waals surface area contributed by atoms with E-state index < -0.39 is 64.4 Å². The van der Waals surface area contributed by atoms with E-state index in [-0.39, 0.29) is 74.7 Å². The van der Waals surface area contributed by atoms with E-state index in [1.165, 1.54) is 15.5 Å². The summed E-state index contributed by atoms with van der Waals surface area (Å²) in [6.07, 6.45) is 2.20. The van der Waals surface area contributed by atoms with E-state index >= 15 is 4.39 Å². The summed E-state index contributed by atoms with van der Waals surface area (Å²) in [6.45, 7) is 9.39. The van der Waals surface area contributed by atoms with E-state index in [1.807, 2.05) is 45.9 Å². The van der Waals surface area contributed by atoms with Crippen LogP contribution in [0, 0.1) is 12.7 Å². The quantitative estimate of drug-likeness (QED) is 0.0153. The number of hydrogen-bond donors (Lipinski definition) is 7. The molecule has 5 heterocycles. The van der Waals surface area contributed by atoms with Crippen LogP contribution in [-0.4, -0.2) is 107 Å². The number of cyclic esters (lactones) is 1. The van der Waals surface area contributed by atoms with Crippen molar-refractivity contribution in [2.24, 2.45) is 0 Å². The topological polar surface area (TPSA) is 274 Å². The molecule has 0 radical (unpaired) electrons. The second-order valence-electron chi connectivity index (χ2n) is 19.5. The Labute approximate surface area is 461 Å². The van der Waals surface area contributed by atoms with Crippen molar-refractivity contribution < 1.29 is 57.3 Å². The van der Waals surface area contributed by atoms with Gasteiger partial charge in [-0.1, -0.05) is 63.2 Å². The second-order valence-corrected chi connectivity index (χ2v) is 20.1. The van der Waals surface area contributed by atoms with Crippen LogP contribution in [0.5, 0.6) is 0 Å². The van der Waals surface area contributed by atoms with Gasteiger partial charge in [-0.3, -0.25) is 38.4 Å². The highest BCUT2D eigenvalue weighted by molar-refractivity contribution is 7.82. The number of anilines is 1. The first-order valence-corrected chi connectivity index (χ1v) is 26.7. The van der Waals surface area contributed by atoms with Crippen molar-refractivity contribution in [1.82, 2.24) is 36.1 Å². The lowest BCUT2D eigenvalue weighted by molar-refractivity contribution is -0.157. The normalized spacial score (nSPS) is 17.8. The SMILES string of the molecule is CC.CCNC(=O)CCCc1ccc(N2C(=O)CC(S)C2=O)cc1.Cc1c(F)cc2nc3c(c4c2c1CCC4(C)COCNC(=O)CNC(=O)C(Cc1ccccc1)NC(=O)CNC=O)Cn1c-3cc2c(c1=O)COC(=O)C2O. The Morgan fingerprint density at radius 1 is 0.949 bits per heavy atom. The first-order valence-electron chi connectivity index (χ1n) is 26.2. The Morgan fingerprint density at radius 3 is 2.37 bits per heavy atom. The van der Waals surface area contributed by atoms with Gasteiger partial charge in [0.05, 0.1) is 59.6 Å². The number of imide groups is 1. The fraction of sp³-hybridized carbons (Fsp3) is 0.404. The van der Waals surface area contributed by atoms with Crippen molar-refractivity contribution >= 4 is 77.0 Å². The molecule has 0 bridgehead atoms. The molecule has 1 aliphatic carbocycles. The summed E-state index contributed by atoms with van der Waals surface area (Å²) in [4.78, 5) is 116. The molecular weight excluding hydrogens is 1040 g/mol. The molecule has 4 unspecified atom stereocenters. The fourth-order valence-corrected chi connectivity index (χ4v) is 10.5. The molecule has 4 atom stereocenters. The van der Waals surface area contributed by atoms with Gasteiger partial charge in [-0.25, -0.2) is 19.1 Å². The first-order chi connectivity index (χ1) is 37.9. The van der Waals surface area contributed by atoms with Crippen LogP contribution in [0.15, 0.2) is 71.5 Å². The predicted octanol–water partition coefficient (Wildman–Crippen LogP) is 3.58. The first kappa shape index (κ1) is 58.9. The van der Waals surface area contributed by atoms with Gasteiger partial charge >= 0.3 is 5.97 Å². The number of pyridine rings is 2. The molecule has 20 nitrogen and oxygen atoms in total. The number of benzene rings is 3. The molecule has 0 spiro atoms. The molecule has 9 rings (SSSR count). The number of carbonyl (C=O) groups is 8. The van der Waals surface area contributed by atoms with Crippen LogP contribution < -0.4 is 37.0 Å². The summed E-state index contributed by atoms with van der Waals surface area (Å²) < 4.78 is 27.9. The van der Waals surface area contributed by atoms with Gasteiger partial charge in [0.2, 0.25) is 41.9 Å². The molecule has 79 heavy (non-hydrogen) atoms. The Balaban J connectivity index is 0.000000314. The van der Waals surface area contributed by atoms with Crippen molar-refractivity contribution in [3.8, 4) is 11.4 Å². The van der Waals surface area contributed by atoms with Crippen molar-refractivity contribution in [2.75, 3.05) is 37.9 Å². The number of amides is 7. The number of fused-ring (bicyclic) bond motifs is 5. The third-order valence-electron chi connectivity index (χ3n) is 14.2. The third kappa shape index (κ3) is 13.2. The van der Waals surface area contributed by atoms with Crippen LogP contribution in [0.3, 0.4) is 0 Å². The van der Waals surface area contributed by atoms with Gasteiger partial charge in [0.15, 0.2) is 6.10 Å². The van der Waals surface area contributed by atoms with Crippen LogP contribution in [0.2, 0.25) is 0 Å². The summed E-state index contributed by atoms with van der Waals surface area (Å²) in [6, 6.07) is 18.3. The van der Waals surface area contributed by atoms with Gasteiger partial charge in [0.1, 0.15) is 25.2 Å². The van der Waals surface area contributed by atoms with Gasteiger partial charge < -0.3 is 45.7 Å². The molecule has 0 saturated carbocycles. The number of ether oxygens (including phenoxy) is 2. The van der Waals surface area contributed by atoms with E-state index in [4.69, 9.17) is 14.5 Å². The average molecular weight is 1110 g/mol. The second kappa shape index (κ2) is 26.2. The number of rotatable bonds is 19. The zero-order valence-corrected chi connectivity index (χ0v) is 45.6. The highest BCUT2D eigenvalue weighted by Crippen LogP contribution is 2.48. The lowest BCUT2D eigenvalue weighted by Gasteiger charge is -2.37.